The largest absolute Gasteiger partial charge is 0.323 e. The lowest BCUT2D eigenvalue weighted by Gasteiger charge is -2.33. The maximum absolute atomic E-state index is 13.0. The van der Waals surface area contributed by atoms with Crippen LogP contribution >= 0.6 is 23.2 Å². The number of rotatable bonds is 4. The average molecular weight is 413 g/mol. The van der Waals surface area contributed by atoms with Crippen LogP contribution in [0.3, 0.4) is 0 Å². The van der Waals surface area contributed by atoms with Gasteiger partial charge in [-0.2, -0.15) is 4.31 Å². The van der Waals surface area contributed by atoms with Crippen molar-refractivity contribution in [1.29, 1.82) is 0 Å². The van der Waals surface area contributed by atoms with Gasteiger partial charge in [0.15, 0.2) is 0 Å². The van der Waals surface area contributed by atoms with Crippen molar-refractivity contribution in [2.24, 2.45) is 0 Å². The van der Waals surface area contributed by atoms with Gasteiger partial charge in [0.2, 0.25) is 15.9 Å². The van der Waals surface area contributed by atoms with Gasteiger partial charge in [0, 0.05) is 11.6 Å². The smallest absolute Gasteiger partial charge is 0.243 e. The molecule has 26 heavy (non-hydrogen) atoms. The van der Waals surface area contributed by atoms with Gasteiger partial charge >= 0.3 is 0 Å². The monoisotopic (exact) mass is 412 g/mol. The molecule has 8 heteroatoms. The molecule has 1 unspecified atom stereocenters. The Bertz CT molecular complexity index is 904. The van der Waals surface area contributed by atoms with E-state index in [1.807, 2.05) is 0 Å². The number of carbonyl (C=O) groups is 1. The van der Waals surface area contributed by atoms with Gasteiger partial charge in [-0.1, -0.05) is 47.8 Å². The summed E-state index contributed by atoms with van der Waals surface area (Å²) in [5.41, 5.74) is 0.406. The molecular weight excluding hydrogens is 395 g/mol. The maximum Gasteiger partial charge on any atom is 0.243 e. The van der Waals surface area contributed by atoms with Crippen molar-refractivity contribution >= 4 is 44.8 Å². The highest BCUT2D eigenvalue weighted by atomic mass is 35.5. The molecule has 1 amide bonds. The summed E-state index contributed by atoms with van der Waals surface area (Å²) >= 11 is 12.0. The van der Waals surface area contributed by atoms with Crippen LogP contribution < -0.4 is 5.32 Å². The quantitative estimate of drug-likeness (QED) is 0.818. The lowest BCUT2D eigenvalue weighted by molar-refractivity contribution is -0.120. The highest BCUT2D eigenvalue weighted by molar-refractivity contribution is 7.89. The summed E-state index contributed by atoms with van der Waals surface area (Å²) < 4.78 is 27.2. The van der Waals surface area contributed by atoms with E-state index in [-0.39, 0.29) is 4.90 Å². The van der Waals surface area contributed by atoms with Gasteiger partial charge in [-0.05, 0) is 43.2 Å². The first-order valence-corrected chi connectivity index (χ1v) is 10.4. The van der Waals surface area contributed by atoms with Gasteiger partial charge in [0.25, 0.3) is 0 Å². The fourth-order valence-electron chi connectivity index (χ4n) is 2.99. The first-order chi connectivity index (χ1) is 12.4. The molecule has 1 aliphatic heterocycles. The number of nitrogens with one attached hydrogen (secondary N) is 1. The number of benzene rings is 2. The van der Waals surface area contributed by atoms with Crippen molar-refractivity contribution in [3.05, 3.63) is 58.6 Å². The van der Waals surface area contributed by atoms with Crippen LogP contribution in [0.5, 0.6) is 0 Å². The minimum Gasteiger partial charge on any atom is -0.323 e. The van der Waals surface area contributed by atoms with Crippen LogP contribution in [0, 0.1) is 0 Å². The molecule has 1 atom stereocenters. The van der Waals surface area contributed by atoms with E-state index in [9.17, 15) is 13.2 Å². The third-order valence-electron chi connectivity index (χ3n) is 4.30. The first-order valence-electron chi connectivity index (χ1n) is 8.22. The number of piperidine rings is 1. The second kappa shape index (κ2) is 7.96. The van der Waals surface area contributed by atoms with E-state index in [0.717, 1.165) is 12.8 Å². The Hall–Kier alpha value is -1.60. The van der Waals surface area contributed by atoms with Crippen molar-refractivity contribution in [2.75, 3.05) is 11.9 Å². The standard InChI is InChI=1S/C18H18Cl2N2O3S/c19-13-9-10-16(15(20)12-13)21-18(23)17-8-4-5-11-22(17)26(24,25)14-6-2-1-3-7-14/h1-3,6-7,9-10,12,17H,4-5,8,11H2,(H,21,23). The number of carbonyl (C=O) groups excluding carboxylic acids is 1. The second-order valence-electron chi connectivity index (χ2n) is 6.05. The number of sulfonamides is 1. The van der Waals surface area contributed by atoms with Gasteiger partial charge in [-0.25, -0.2) is 8.42 Å². The molecule has 0 aliphatic carbocycles. The van der Waals surface area contributed by atoms with Gasteiger partial charge < -0.3 is 5.32 Å². The van der Waals surface area contributed by atoms with Gasteiger partial charge in [-0.15, -0.1) is 0 Å². The zero-order valence-electron chi connectivity index (χ0n) is 13.9. The normalized spacial score (nSPS) is 18.5. The number of hydrogen-bond acceptors (Lipinski definition) is 3. The second-order valence-corrected chi connectivity index (χ2v) is 8.79. The number of anilines is 1. The third kappa shape index (κ3) is 4.04. The number of halogens is 2. The fraction of sp³-hybridized carbons (Fsp3) is 0.278. The molecular formula is C18H18Cl2N2O3S. The summed E-state index contributed by atoms with van der Waals surface area (Å²) in [6.45, 7) is 0.309. The number of amides is 1. The van der Waals surface area contributed by atoms with E-state index in [0.29, 0.717) is 28.7 Å². The van der Waals surface area contributed by atoms with E-state index in [1.54, 1.807) is 30.3 Å². The first kappa shape index (κ1) is 19.2. The van der Waals surface area contributed by atoms with Crippen LogP contribution in [0.4, 0.5) is 5.69 Å². The van der Waals surface area contributed by atoms with Crippen LogP contribution in [-0.2, 0) is 14.8 Å². The van der Waals surface area contributed by atoms with Gasteiger partial charge in [-0.3, -0.25) is 4.79 Å². The Morgan fingerprint density at radius 3 is 2.50 bits per heavy atom. The third-order valence-corrected chi connectivity index (χ3v) is 6.77. The van der Waals surface area contributed by atoms with Crippen molar-refractivity contribution in [3.63, 3.8) is 0 Å². The van der Waals surface area contributed by atoms with Crippen LogP contribution in [-0.4, -0.2) is 31.2 Å². The molecule has 0 bridgehead atoms. The number of nitrogens with zero attached hydrogens (tertiary/aromatic N) is 1. The van der Waals surface area contributed by atoms with E-state index in [4.69, 9.17) is 23.2 Å². The summed E-state index contributed by atoms with van der Waals surface area (Å²) in [5, 5.41) is 3.49. The zero-order chi connectivity index (χ0) is 18.7. The Morgan fingerprint density at radius 1 is 1.08 bits per heavy atom. The molecule has 2 aromatic rings. The fourth-order valence-corrected chi connectivity index (χ4v) is 5.12. The molecule has 2 aromatic carbocycles. The molecule has 1 N–H and O–H groups in total. The summed E-state index contributed by atoms with van der Waals surface area (Å²) in [6, 6.07) is 12.1. The van der Waals surface area contributed by atoms with E-state index < -0.39 is 22.0 Å². The van der Waals surface area contributed by atoms with Crippen LogP contribution in [0.15, 0.2) is 53.4 Å². The molecule has 0 saturated carbocycles. The minimum absolute atomic E-state index is 0.184. The molecule has 0 aromatic heterocycles. The van der Waals surface area contributed by atoms with Gasteiger partial charge in [0.05, 0.1) is 15.6 Å². The van der Waals surface area contributed by atoms with E-state index in [2.05, 4.69) is 5.32 Å². The van der Waals surface area contributed by atoms with Crippen molar-refractivity contribution < 1.29 is 13.2 Å². The summed E-state index contributed by atoms with van der Waals surface area (Å²) in [4.78, 5) is 13.0. The highest BCUT2D eigenvalue weighted by Crippen LogP contribution is 2.29. The summed E-state index contributed by atoms with van der Waals surface area (Å²) in [6.07, 6.45) is 1.97. The van der Waals surface area contributed by atoms with Gasteiger partial charge in [0.1, 0.15) is 6.04 Å². The lowest BCUT2D eigenvalue weighted by Crippen LogP contribution is -2.49. The Kier molecular flexibility index (Phi) is 5.87. The molecule has 0 spiro atoms. The van der Waals surface area contributed by atoms with Crippen LogP contribution in [0.1, 0.15) is 19.3 Å². The lowest BCUT2D eigenvalue weighted by atomic mass is 10.0. The predicted octanol–water partition coefficient (Wildman–Crippen LogP) is 4.18. The molecule has 1 aliphatic rings. The Morgan fingerprint density at radius 2 is 1.81 bits per heavy atom. The Balaban J connectivity index is 1.86. The Labute approximate surface area is 163 Å². The molecule has 5 nitrogen and oxygen atoms in total. The summed E-state index contributed by atoms with van der Waals surface area (Å²) in [7, 11) is -3.75. The minimum atomic E-state index is -3.75. The zero-order valence-corrected chi connectivity index (χ0v) is 16.2. The van der Waals surface area contributed by atoms with Crippen molar-refractivity contribution in [1.82, 2.24) is 4.31 Å². The molecule has 1 saturated heterocycles. The predicted molar refractivity (Wildman–Crippen MR) is 103 cm³/mol. The van der Waals surface area contributed by atoms with Crippen molar-refractivity contribution in [3.8, 4) is 0 Å². The topological polar surface area (TPSA) is 66.5 Å². The van der Waals surface area contributed by atoms with E-state index in [1.165, 1.54) is 22.5 Å². The van der Waals surface area contributed by atoms with E-state index >= 15 is 0 Å². The van der Waals surface area contributed by atoms with Crippen LogP contribution in [0.2, 0.25) is 10.0 Å². The van der Waals surface area contributed by atoms with Crippen LogP contribution in [0.25, 0.3) is 0 Å². The average Bonchev–Trinajstić information content (AvgIpc) is 2.64. The molecule has 138 valence electrons. The molecule has 3 rings (SSSR count). The molecule has 1 fully saturated rings. The summed E-state index contributed by atoms with van der Waals surface area (Å²) in [5.74, 6) is -0.395. The molecule has 0 radical (unpaired) electrons. The SMILES string of the molecule is O=C(Nc1ccc(Cl)cc1Cl)C1CCCCN1S(=O)(=O)c1ccccc1. The highest BCUT2D eigenvalue weighted by Gasteiger charge is 2.37. The maximum atomic E-state index is 13.0. The molecule has 1 heterocycles. The number of hydrogen-bond donors (Lipinski definition) is 1. The van der Waals surface area contributed by atoms with Crippen molar-refractivity contribution in [2.45, 2.75) is 30.2 Å².